The van der Waals surface area contributed by atoms with E-state index in [1.165, 1.54) is 0 Å². The van der Waals surface area contributed by atoms with Crippen molar-refractivity contribution in [2.45, 2.75) is 6.54 Å². The second-order valence-corrected chi connectivity index (χ2v) is 5.11. The molecule has 0 unspecified atom stereocenters. The molecule has 3 nitrogen and oxygen atoms in total. The fraction of sp³-hybridized carbons (Fsp3) is 0.0714. The van der Waals surface area contributed by atoms with Gasteiger partial charge in [0.25, 0.3) is 0 Å². The van der Waals surface area contributed by atoms with Crippen molar-refractivity contribution in [2.75, 3.05) is 0 Å². The normalized spacial score (nSPS) is 10.9. The van der Waals surface area contributed by atoms with E-state index in [0.29, 0.717) is 12.3 Å². The van der Waals surface area contributed by atoms with Crippen molar-refractivity contribution in [1.82, 2.24) is 4.98 Å². The summed E-state index contributed by atoms with van der Waals surface area (Å²) in [5.74, 6) is 0.322. The Morgan fingerprint density at radius 2 is 2.11 bits per heavy atom. The lowest BCUT2D eigenvalue weighted by Gasteiger charge is -1.98. The van der Waals surface area contributed by atoms with Gasteiger partial charge in [0.2, 0.25) is 0 Å². The van der Waals surface area contributed by atoms with Crippen LogP contribution in [0, 0.1) is 0 Å². The first kappa shape index (κ1) is 11.2. The van der Waals surface area contributed by atoms with Gasteiger partial charge in [-0.05, 0) is 29.1 Å². The van der Waals surface area contributed by atoms with Crippen LogP contribution in [0.2, 0.25) is 0 Å². The lowest BCUT2D eigenvalue weighted by Crippen LogP contribution is -1.96. The Kier molecular flexibility index (Phi) is 2.74. The first-order valence-corrected chi connectivity index (χ1v) is 6.46. The lowest BCUT2D eigenvalue weighted by molar-refractivity contribution is 0.482. The zero-order valence-electron chi connectivity index (χ0n) is 9.63. The molecule has 0 spiro atoms. The van der Waals surface area contributed by atoms with E-state index in [9.17, 15) is 5.11 Å². The number of pyridine rings is 1. The van der Waals surface area contributed by atoms with Crippen LogP contribution in [0.5, 0.6) is 5.75 Å². The monoisotopic (exact) mass is 256 g/mol. The molecule has 90 valence electrons. The van der Waals surface area contributed by atoms with Crippen LogP contribution in [-0.4, -0.2) is 10.1 Å². The zero-order chi connectivity index (χ0) is 12.5. The Balaban J connectivity index is 2.10. The summed E-state index contributed by atoms with van der Waals surface area (Å²) in [6.07, 6.45) is 1.79. The molecule has 0 aliphatic rings. The molecule has 2 aromatic heterocycles. The van der Waals surface area contributed by atoms with E-state index in [-0.39, 0.29) is 0 Å². The number of rotatable bonds is 2. The van der Waals surface area contributed by atoms with Gasteiger partial charge in [-0.3, -0.25) is 4.98 Å². The summed E-state index contributed by atoms with van der Waals surface area (Å²) < 4.78 is 0.900. The molecule has 3 aromatic rings. The number of hydrogen-bond donors (Lipinski definition) is 2. The van der Waals surface area contributed by atoms with E-state index in [1.807, 2.05) is 30.3 Å². The van der Waals surface area contributed by atoms with Crippen molar-refractivity contribution in [3.05, 3.63) is 48.2 Å². The van der Waals surface area contributed by atoms with Gasteiger partial charge in [0.15, 0.2) is 0 Å². The summed E-state index contributed by atoms with van der Waals surface area (Å²) in [5, 5.41) is 10.8. The van der Waals surface area contributed by atoms with Gasteiger partial charge in [0, 0.05) is 12.7 Å². The van der Waals surface area contributed by atoms with Crippen LogP contribution in [0.4, 0.5) is 0 Å². The van der Waals surface area contributed by atoms with Crippen LogP contribution >= 0.6 is 11.3 Å². The Labute approximate surface area is 109 Å². The number of phenols is 1. The smallest absolute Gasteiger partial charge is 0.133 e. The molecule has 0 saturated carbocycles. The quantitative estimate of drug-likeness (QED) is 0.740. The number of hydrogen-bond acceptors (Lipinski definition) is 4. The molecule has 0 saturated heterocycles. The van der Waals surface area contributed by atoms with Crippen LogP contribution in [0.25, 0.3) is 20.7 Å². The van der Waals surface area contributed by atoms with Gasteiger partial charge in [-0.1, -0.05) is 18.2 Å². The molecule has 0 aliphatic carbocycles. The minimum atomic E-state index is 0.322. The first-order valence-electron chi connectivity index (χ1n) is 5.65. The summed E-state index contributed by atoms with van der Waals surface area (Å²) >= 11 is 1.55. The third-order valence-electron chi connectivity index (χ3n) is 2.84. The van der Waals surface area contributed by atoms with Crippen LogP contribution < -0.4 is 5.73 Å². The zero-order valence-corrected chi connectivity index (χ0v) is 10.4. The number of nitrogens with two attached hydrogens (primary N) is 1. The number of fused-ring (bicyclic) bond motifs is 1. The predicted molar refractivity (Wildman–Crippen MR) is 74.6 cm³/mol. The molecule has 1 aromatic carbocycles. The standard InChI is InChI=1S/C14H12N2OS/c15-7-9-4-5-11(16-8-9)13-6-10-2-1-3-12(17)14(10)18-13/h1-6,8,17H,7,15H2. The third-order valence-corrected chi connectivity index (χ3v) is 4.03. The Morgan fingerprint density at radius 3 is 2.78 bits per heavy atom. The van der Waals surface area contributed by atoms with Gasteiger partial charge < -0.3 is 10.8 Å². The summed E-state index contributed by atoms with van der Waals surface area (Å²) in [6, 6.07) is 11.5. The van der Waals surface area contributed by atoms with Gasteiger partial charge in [-0.2, -0.15) is 0 Å². The Hall–Kier alpha value is -1.91. The number of aromatic hydroxyl groups is 1. The van der Waals surface area contributed by atoms with Crippen molar-refractivity contribution in [3.63, 3.8) is 0 Å². The van der Waals surface area contributed by atoms with Crippen LogP contribution in [0.1, 0.15) is 5.56 Å². The fourth-order valence-electron chi connectivity index (χ4n) is 1.86. The van der Waals surface area contributed by atoms with E-state index in [0.717, 1.165) is 26.2 Å². The van der Waals surface area contributed by atoms with Gasteiger partial charge >= 0.3 is 0 Å². The Bertz CT molecular complexity index is 689. The summed E-state index contributed by atoms with van der Waals surface area (Å²) in [5.41, 5.74) is 7.48. The van der Waals surface area contributed by atoms with E-state index in [2.05, 4.69) is 4.98 Å². The number of thiophene rings is 1. The van der Waals surface area contributed by atoms with E-state index in [1.54, 1.807) is 23.6 Å². The fourth-order valence-corrected chi connectivity index (χ4v) is 2.91. The molecular weight excluding hydrogens is 244 g/mol. The molecule has 0 atom stereocenters. The van der Waals surface area contributed by atoms with Gasteiger partial charge in [-0.25, -0.2) is 0 Å². The molecule has 4 heteroatoms. The lowest BCUT2D eigenvalue weighted by atomic mass is 10.2. The highest BCUT2D eigenvalue weighted by molar-refractivity contribution is 7.22. The molecule has 0 fully saturated rings. The summed E-state index contributed by atoms with van der Waals surface area (Å²) in [4.78, 5) is 5.44. The summed E-state index contributed by atoms with van der Waals surface area (Å²) in [6.45, 7) is 0.500. The minimum Gasteiger partial charge on any atom is -0.506 e. The van der Waals surface area contributed by atoms with Crippen molar-refractivity contribution < 1.29 is 5.11 Å². The number of benzene rings is 1. The van der Waals surface area contributed by atoms with Gasteiger partial charge in [0.1, 0.15) is 5.75 Å². The maximum atomic E-state index is 9.79. The molecule has 3 N–H and O–H groups in total. The molecule has 18 heavy (non-hydrogen) atoms. The van der Waals surface area contributed by atoms with E-state index < -0.39 is 0 Å². The van der Waals surface area contributed by atoms with Gasteiger partial charge in [0.05, 0.1) is 15.3 Å². The molecular formula is C14H12N2OS. The van der Waals surface area contributed by atoms with E-state index >= 15 is 0 Å². The van der Waals surface area contributed by atoms with Gasteiger partial charge in [-0.15, -0.1) is 11.3 Å². The highest BCUT2D eigenvalue weighted by Crippen LogP contribution is 2.37. The molecule has 2 heterocycles. The molecule has 0 amide bonds. The van der Waals surface area contributed by atoms with E-state index in [4.69, 9.17) is 5.73 Å². The average molecular weight is 256 g/mol. The first-order chi connectivity index (χ1) is 8.78. The highest BCUT2D eigenvalue weighted by atomic mass is 32.1. The Morgan fingerprint density at radius 1 is 1.22 bits per heavy atom. The highest BCUT2D eigenvalue weighted by Gasteiger charge is 2.08. The number of nitrogens with zero attached hydrogens (tertiary/aromatic N) is 1. The second-order valence-electron chi connectivity index (χ2n) is 4.06. The molecule has 0 bridgehead atoms. The summed E-state index contributed by atoms with van der Waals surface area (Å²) in [7, 11) is 0. The minimum absolute atomic E-state index is 0.322. The number of phenolic OH excluding ortho intramolecular Hbond substituents is 1. The van der Waals surface area contributed by atoms with Crippen LogP contribution in [-0.2, 0) is 6.54 Å². The average Bonchev–Trinajstić information content (AvgIpc) is 2.84. The third kappa shape index (κ3) is 1.85. The molecule has 0 aliphatic heterocycles. The largest absolute Gasteiger partial charge is 0.506 e. The SMILES string of the molecule is NCc1ccc(-c2cc3cccc(O)c3s2)nc1. The maximum absolute atomic E-state index is 9.79. The maximum Gasteiger partial charge on any atom is 0.133 e. The molecule has 3 rings (SSSR count). The molecule has 0 radical (unpaired) electrons. The van der Waals surface area contributed by atoms with Crippen molar-refractivity contribution >= 4 is 21.4 Å². The van der Waals surface area contributed by atoms with Crippen LogP contribution in [0.3, 0.4) is 0 Å². The predicted octanol–water partition coefficient (Wildman–Crippen LogP) is 3.13. The second kappa shape index (κ2) is 4.40. The topological polar surface area (TPSA) is 59.1 Å². The van der Waals surface area contributed by atoms with Crippen molar-refractivity contribution in [1.29, 1.82) is 0 Å². The van der Waals surface area contributed by atoms with Crippen molar-refractivity contribution in [2.24, 2.45) is 5.73 Å². The number of aromatic nitrogens is 1. The van der Waals surface area contributed by atoms with Crippen molar-refractivity contribution in [3.8, 4) is 16.3 Å². The van der Waals surface area contributed by atoms with Crippen LogP contribution in [0.15, 0.2) is 42.6 Å².